The molecule has 3 nitrogen and oxygen atoms in total. The summed E-state index contributed by atoms with van der Waals surface area (Å²) in [5.74, 6) is 0.659. The van der Waals surface area contributed by atoms with Gasteiger partial charge in [-0.2, -0.15) is 0 Å². The first-order valence-electron chi connectivity index (χ1n) is 11.7. The van der Waals surface area contributed by atoms with Gasteiger partial charge < -0.3 is 10.2 Å². The number of likely N-dealkylation sites (tertiary alicyclic amines) is 1. The van der Waals surface area contributed by atoms with Crippen LogP contribution in [0.1, 0.15) is 43.9 Å². The molecule has 0 radical (unpaired) electrons. The van der Waals surface area contributed by atoms with E-state index < -0.39 is 0 Å². The van der Waals surface area contributed by atoms with E-state index in [9.17, 15) is 0 Å². The van der Waals surface area contributed by atoms with Crippen molar-refractivity contribution in [3.63, 3.8) is 0 Å². The monoisotopic (exact) mass is 441 g/mol. The van der Waals surface area contributed by atoms with Crippen molar-refractivity contribution < 1.29 is 0 Å². The molecule has 1 N–H and O–H groups in total. The lowest BCUT2D eigenvalue weighted by Gasteiger charge is -2.30. The Morgan fingerprint density at radius 1 is 1.12 bits per heavy atom. The first kappa shape index (κ1) is 25.9. The van der Waals surface area contributed by atoms with Gasteiger partial charge in [-0.1, -0.05) is 94.8 Å². The second kappa shape index (κ2) is 13.9. The molecule has 1 aromatic heterocycles. The SMILES string of the molecule is C=C/C=C(\C=C)CNC(=C)C1CCCN1C(=C)Cc1ccccn1.CC(C)c1ccccc1. The first-order valence-corrected chi connectivity index (χ1v) is 11.7. The largest absolute Gasteiger partial charge is 0.383 e. The van der Waals surface area contributed by atoms with Gasteiger partial charge in [0.2, 0.25) is 0 Å². The molecule has 1 saturated heterocycles. The molecule has 1 aliphatic heterocycles. The number of pyridine rings is 1. The Morgan fingerprint density at radius 3 is 2.42 bits per heavy atom. The Balaban J connectivity index is 0.000000357. The molecule has 2 aromatic rings. The minimum Gasteiger partial charge on any atom is -0.383 e. The van der Waals surface area contributed by atoms with E-state index in [0.717, 1.165) is 48.5 Å². The van der Waals surface area contributed by atoms with E-state index in [1.165, 1.54) is 5.56 Å². The summed E-state index contributed by atoms with van der Waals surface area (Å²) in [7, 11) is 0. The molecule has 3 rings (SSSR count). The number of benzene rings is 1. The van der Waals surface area contributed by atoms with Crippen molar-refractivity contribution in [2.24, 2.45) is 0 Å². The van der Waals surface area contributed by atoms with Crippen LogP contribution in [0.5, 0.6) is 0 Å². The summed E-state index contributed by atoms with van der Waals surface area (Å²) < 4.78 is 0. The van der Waals surface area contributed by atoms with Gasteiger partial charge in [0.15, 0.2) is 0 Å². The summed E-state index contributed by atoms with van der Waals surface area (Å²) >= 11 is 0. The van der Waals surface area contributed by atoms with Crippen molar-refractivity contribution >= 4 is 0 Å². The zero-order valence-corrected chi connectivity index (χ0v) is 20.3. The quantitative estimate of drug-likeness (QED) is 0.410. The highest BCUT2D eigenvalue weighted by molar-refractivity contribution is 5.25. The Hall–Kier alpha value is -3.33. The van der Waals surface area contributed by atoms with Crippen molar-refractivity contribution in [3.8, 4) is 0 Å². The zero-order chi connectivity index (χ0) is 24.1. The van der Waals surface area contributed by atoms with Crippen LogP contribution in [0.25, 0.3) is 0 Å². The number of hydrogen-bond acceptors (Lipinski definition) is 3. The van der Waals surface area contributed by atoms with Crippen LogP contribution >= 0.6 is 0 Å². The summed E-state index contributed by atoms with van der Waals surface area (Å²) in [6.07, 6.45) is 10.4. The molecule has 0 bridgehead atoms. The van der Waals surface area contributed by atoms with Crippen molar-refractivity contribution in [1.82, 2.24) is 15.2 Å². The molecule has 2 heterocycles. The van der Waals surface area contributed by atoms with E-state index in [4.69, 9.17) is 0 Å². The molecule has 0 spiro atoms. The number of allylic oxidation sites excluding steroid dienone is 3. The second-order valence-corrected chi connectivity index (χ2v) is 8.54. The van der Waals surface area contributed by atoms with Gasteiger partial charge in [-0.05, 0) is 42.0 Å². The predicted octanol–water partition coefficient (Wildman–Crippen LogP) is 6.81. The van der Waals surface area contributed by atoms with E-state index in [0.29, 0.717) is 12.5 Å². The first-order chi connectivity index (χ1) is 16.0. The molecule has 1 fully saturated rings. The summed E-state index contributed by atoms with van der Waals surface area (Å²) in [6, 6.07) is 16.8. The van der Waals surface area contributed by atoms with Gasteiger partial charge in [-0.15, -0.1) is 0 Å². The van der Waals surface area contributed by atoms with E-state index in [-0.39, 0.29) is 6.04 Å². The summed E-state index contributed by atoms with van der Waals surface area (Å²) in [5.41, 5.74) is 5.70. The molecule has 0 saturated carbocycles. The van der Waals surface area contributed by atoms with E-state index in [1.807, 2.05) is 42.6 Å². The molecule has 1 aromatic carbocycles. The molecule has 1 unspecified atom stereocenters. The van der Waals surface area contributed by atoms with E-state index >= 15 is 0 Å². The Kier molecular flexibility index (Phi) is 11.0. The number of rotatable bonds is 10. The standard InChI is InChI=1S/C21H27N3.C9H12/c1-5-10-19(6-2)16-23-18(4)21-12-9-14-24(21)17(3)15-20-11-7-8-13-22-20;1-8(2)9-6-4-3-5-7-9/h5-8,10-11,13,21,23H,1-4,9,12,14-16H2;3-8H,1-2H3/b19-10+;. The summed E-state index contributed by atoms with van der Waals surface area (Å²) in [4.78, 5) is 6.75. The highest BCUT2D eigenvalue weighted by atomic mass is 15.2. The molecule has 0 amide bonds. The summed E-state index contributed by atoms with van der Waals surface area (Å²) in [6.45, 7) is 22.2. The topological polar surface area (TPSA) is 28.2 Å². The Bertz CT molecular complexity index is 926. The lowest BCUT2D eigenvalue weighted by atomic mass is 10.0. The molecule has 3 heteroatoms. The minimum atomic E-state index is 0.288. The van der Waals surface area contributed by atoms with Crippen LogP contribution < -0.4 is 5.32 Å². The lowest BCUT2D eigenvalue weighted by Crippen LogP contribution is -2.36. The van der Waals surface area contributed by atoms with Crippen LogP contribution in [0.4, 0.5) is 0 Å². The van der Waals surface area contributed by atoms with Crippen LogP contribution in [-0.2, 0) is 6.42 Å². The van der Waals surface area contributed by atoms with Crippen LogP contribution in [0.3, 0.4) is 0 Å². The third-order valence-corrected chi connectivity index (χ3v) is 5.75. The van der Waals surface area contributed by atoms with Gasteiger partial charge in [0.1, 0.15) is 0 Å². The highest BCUT2D eigenvalue weighted by Crippen LogP contribution is 2.26. The van der Waals surface area contributed by atoms with E-state index in [1.54, 1.807) is 6.08 Å². The smallest absolute Gasteiger partial charge is 0.0680 e. The molecule has 1 aliphatic rings. The van der Waals surface area contributed by atoms with Crippen molar-refractivity contribution in [1.29, 1.82) is 0 Å². The van der Waals surface area contributed by atoms with Gasteiger partial charge in [0, 0.05) is 42.8 Å². The number of nitrogens with zero attached hydrogens (tertiary/aromatic N) is 2. The Labute approximate surface area is 201 Å². The van der Waals surface area contributed by atoms with Gasteiger partial charge in [0.05, 0.1) is 6.04 Å². The zero-order valence-electron chi connectivity index (χ0n) is 20.3. The molecular weight excluding hydrogens is 402 g/mol. The molecule has 1 atom stereocenters. The van der Waals surface area contributed by atoms with E-state index in [2.05, 4.69) is 79.6 Å². The average Bonchev–Trinajstić information content (AvgIpc) is 3.33. The molecule has 174 valence electrons. The van der Waals surface area contributed by atoms with Crippen LogP contribution in [-0.4, -0.2) is 29.0 Å². The van der Waals surface area contributed by atoms with Crippen molar-refractivity contribution in [2.75, 3.05) is 13.1 Å². The summed E-state index contributed by atoms with van der Waals surface area (Å²) in [5, 5.41) is 3.43. The normalized spacial score (nSPS) is 15.4. The fourth-order valence-electron chi connectivity index (χ4n) is 3.84. The Morgan fingerprint density at radius 2 is 1.85 bits per heavy atom. The fraction of sp³-hybridized carbons (Fsp3) is 0.300. The third kappa shape index (κ3) is 8.61. The van der Waals surface area contributed by atoms with Gasteiger partial charge in [0.25, 0.3) is 0 Å². The van der Waals surface area contributed by atoms with Gasteiger partial charge >= 0.3 is 0 Å². The third-order valence-electron chi connectivity index (χ3n) is 5.75. The number of aromatic nitrogens is 1. The fourth-order valence-corrected chi connectivity index (χ4v) is 3.84. The van der Waals surface area contributed by atoms with Crippen molar-refractivity contribution in [3.05, 3.63) is 127 Å². The maximum absolute atomic E-state index is 4.40. The second-order valence-electron chi connectivity index (χ2n) is 8.54. The van der Waals surface area contributed by atoms with Crippen LogP contribution in [0, 0.1) is 0 Å². The molecule has 0 aliphatic carbocycles. The van der Waals surface area contributed by atoms with Gasteiger partial charge in [-0.3, -0.25) is 4.98 Å². The maximum atomic E-state index is 4.40. The molecule has 33 heavy (non-hydrogen) atoms. The lowest BCUT2D eigenvalue weighted by molar-refractivity contribution is 0.338. The highest BCUT2D eigenvalue weighted by Gasteiger charge is 2.27. The average molecular weight is 442 g/mol. The molecular formula is C30H39N3. The van der Waals surface area contributed by atoms with Crippen LogP contribution in [0.2, 0.25) is 0 Å². The number of hydrogen-bond donors (Lipinski definition) is 1. The van der Waals surface area contributed by atoms with Crippen LogP contribution in [0.15, 0.2) is 116 Å². The van der Waals surface area contributed by atoms with Crippen molar-refractivity contribution in [2.45, 2.75) is 45.1 Å². The minimum absolute atomic E-state index is 0.288. The van der Waals surface area contributed by atoms with Gasteiger partial charge in [-0.25, -0.2) is 0 Å². The predicted molar refractivity (Wildman–Crippen MR) is 143 cm³/mol. The maximum Gasteiger partial charge on any atom is 0.0680 e. The number of nitrogens with one attached hydrogen (secondary N) is 1.